The fourth-order valence-corrected chi connectivity index (χ4v) is 2.74. The lowest BCUT2D eigenvalue weighted by molar-refractivity contribution is 0.405. The number of aromatic nitrogens is 1. The van der Waals surface area contributed by atoms with Crippen LogP contribution in [0.5, 0.6) is 0 Å². The van der Waals surface area contributed by atoms with Gasteiger partial charge in [0.15, 0.2) is 11.6 Å². The van der Waals surface area contributed by atoms with Crippen molar-refractivity contribution in [3.63, 3.8) is 0 Å². The minimum absolute atomic E-state index is 0.322. The van der Waals surface area contributed by atoms with E-state index in [1.807, 2.05) is 4.90 Å². The van der Waals surface area contributed by atoms with Crippen LogP contribution in [0.1, 0.15) is 25.7 Å². The molecule has 104 valence electrons. The van der Waals surface area contributed by atoms with Crippen LogP contribution in [0.4, 0.5) is 10.2 Å². The third-order valence-electron chi connectivity index (χ3n) is 3.98. The van der Waals surface area contributed by atoms with E-state index in [1.165, 1.54) is 25.1 Å². The van der Waals surface area contributed by atoms with E-state index < -0.39 is 0 Å². The van der Waals surface area contributed by atoms with Gasteiger partial charge in [0.25, 0.3) is 0 Å². The molecule has 3 rings (SSSR count). The van der Waals surface area contributed by atoms with Gasteiger partial charge in [0.1, 0.15) is 0 Å². The largest absolute Gasteiger partial charge is 0.354 e. The van der Waals surface area contributed by atoms with Crippen molar-refractivity contribution in [2.45, 2.75) is 31.7 Å². The molecule has 1 aromatic rings. The van der Waals surface area contributed by atoms with Crippen molar-refractivity contribution in [1.29, 1.82) is 0 Å². The third kappa shape index (κ3) is 3.37. The Morgan fingerprint density at radius 1 is 1.32 bits per heavy atom. The summed E-state index contributed by atoms with van der Waals surface area (Å²) in [7, 11) is 0. The second-order valence-electron chi connectivity index (χ2n) is 5.57. The smallest absolute Gasteiger partial charge is 0.167 e. The van der Waals surface area contributed by atoms with Crippen molar-refractivity contribution in [1.82, 2.24) is 10.3 Å². The van der Waals surface area contributed by atoms with E-state index in [4.69, 9.17) is 11.6 Å². The van der Waals surface area contributed by atoms with Crippen molar-refractivity contribution >= 4 is 17.4 Å². The Kier molecular flexibility index (Phi) is 3.89. The van der Waals surface area contributed by atoms with Crippen molar-refractivity contribution in [2.75, 3.05) is 24.5 Å². The van der Waals surface area contributed by atoms with Gasteiger partial charge in [-0.05, 0) is 44.2 Å². The predicted octanol–water partition coefficient (Wildman–Crippen LogP) is 2.84. The molecule has 5 heteroatoms. The number of halogens is 2. The molecule has 1 saturated carbocycles. The van der Waals surface area contributed by atoms with E-state index in [1.54, 1.807) is 0 Å². The molecule has 0 unspecified atom stereocenters. The summed E-state index contributed by atoms with van der Waals surface area (Å²) in [5.41, 5.74) is 0. The lowest BCUT2D eigenvalue weighted by atomic mass is 10.0. The molecule has 1 aromatic heterocycles. The topological polar surface area (TPSA) is 28.2 Å². The Bertz CT molecular complexity index is 442. The molecule has 2 heterocycles. The molecular weight excluding hydrogens is 265 g/mol. The molecule has 0 bridgehead atoms. The summed E-state index contributed by atoms with van der Waals surface area (Å²) in [5, 5.41) is 3.97. The summed E-state index contributed by atoms with van der Waals surface area (Å²) in [6.07, 6.45) is 6.38. The molecule has 2 fully saturated rings. The monoisotopic (exact) mass is 283 g/mol. The molecule has 0 amide bonds. The summed E-state index contributed by atoms with van der Waals surface area (Å²) in [6, 6.07) is 1.91. The maximum atomic E-state index is 13.8. The summed E-state index contributed by atoms with van der Waals surface area (Å²) in [5.74, 6) is 1.02. The molecule has 0 radical (unpaired) electrons. The van der Waals surface area contributed by atoms with Crippen molar-refractivity contribution < 1.29 is 4.39 Å². The number of nitrogens with zero attached hydrogens (tertiary/aromatic N) is 2. The third-order valence-corrected chi connectivity index (χ3v) is 4.18. The van der Waals surface area contributed by atoms with Gasteiger partial charge >= 0.3 is 0 Å². The van der Waals surface area contributed by atoms with Crippen molar-refractivity contribution in [3.05, 3.63) is 23.1 Å². The highest BCUT2D eigenvalue weighted by Crippen LogP contribution is 2.28. The van der Waals surface area contributed by atoms with Crippen molar-refractivity contribution in [3.8, 4) is 0 Å². The zero-order valence-corrected chi connectivity index (χ0v) is 11.7. The lowest BCUT2D eigenvalue weighted by Crippen LogP contribution is -2.43. The molecule has 19 heavy (non-hydrogen) atoms. The Hall–Kier alpha value is -0.870. The summed E-state index contributed by atoms with van der Waals surface area (Å²) >= 11 is 5.72. The van der Waals surface area contributed by atoms with E-state index in [0.717, 1.165) is 38.4 Å². The first-order chi connectivity index (χ1) is 9.22. The SMILES string of the molecule is Fc1cc(Cl)cnc1N1CCC(NCC2CC2)CC1. The maximum Gasteiger partial charge on any atom is 0.167 e. The summed E-state index contributed by atoms with van der Waals surface area (Å²) in [6.45, 7) is 2.86. The summed E-state index contributed by atoms with van der Waals surface area (Å²) < 4.78 is 13.8. The normalized spacial score (nSPS) is 20.8. The van der Waals surface area contributed by atoms with Gasteiger partial charge in [-0.25, -0.2) is 9.37 Å². The second kappa shape index (κ2) is 5.63. The maximum absolute atomic E-state index is 13.8. The highest BCUT2D eigenvalue weighted by atomic mass is 35.5. The Labute approximate surface area is 118 Å². The first-order valence-electron chi connectivity index (χ1n) is 7.02. The Morgan fingerprint density at radius 3 is 2.68 bits per heavy atom. The second-order valence-corrected chi connectivity index (χ2v) is 6.01. The number of pyridine rings is 1. The van der Waals surface area contributed by atoms with Crippen LogP contribution in [-0.2, 0) is 0 Å². The van der Waals surface area contributed by atoms with Crippen LogP contribution in [0.2, 0.25) is 5.02 Å². The molecule has 0 spiro atoms. The number of nitrogens with one attached hydrogen (secondary N) is 1. The highest BCUT2D eigenvalue weighted by Gasteiger charge is 2.25. The fraction of sp³-hybridized carbons (Fsp3) is 0.643. The van der Waals surface area contributed by atoms with E-state index in [2.05, 4.69) is 10.3 Å². The van der Waals surface area contributed by atoms with Gasteiger partial charge in [0, 0.05) is 25.3 Å². The molecule has 3 nitrogen and oxygen atoms in total. The average molecular weight is 284 g/mol. The number of piperidine rings is 1. The molecule has 2 aliphatic rings. The molecule has 1 N–H and O–H groups in total. The zero-order chi connectivity index (χ0) is 13.2. The van der Waals surface area contributed by atoms with Gasteiger partial charge in [0.2, 0.25) is 0 Å². The van der Waals surface area contributed by atoms with E-state index in [9.17, 15) is 4.39 Å². The zero-order valence-electron chi connectivity index (χ0n) is 10.9. The molecule has 1 saturated heterocycles. The Morgan fingerprint density at radius 2 is 2.05 bits per heavy atom. The standard InChI is InChI=1S/C14H19ClFN3/c15-11-7-13(16)14(18-9-11)19-5-3-12(4-6-19)17-8-10-1-2-10/h7,9-10,12,17H,1-6,8H2. The average Bonchev–Trinajstić information content (AvgIpc) is 3.21. The number of hydrogen-bond acceptors (Lipinski definition) is 3. The van der Waals surface area contributed by atoms with Crippen LogP contribution >= 0.6 is 11.6 Å². The van der Waals surface area contributed by atoms with Crippen LogP contribution in [0, 0.1) is 11.7 Å². The first-order valence-corrected chi connectivity index (χ1v) is 7.39. The summed E-state index contributed by atoms with van der Waals surface area (Å²) in [4.78, 5) is 6.12. The fourth-order valence-electron chi connectivity index (χ4n) is 2.59. The minimum Gasteiger partial charge on any atom is -0.354 e. The number of anilines is 1. The molecular formula is C14H19ClFN3. The number of rotatable bonds is 4. The minimum atomic E-state index is -0.322. The van der Waals surface area contributed by atoms with E-state index in [-0.39, 0.29) is 5.82 Å². The predicted molar refractivity (Wildman–Crippen MR) is 75.2 cm³/mol. The molecule has 0 aromatic carbocycles. The number of hydrogen-bond donors (Lipinski definition) is 1. The van der Waals surface area contributed by atoms with Gasteiger partial charge < -0.3 is 10.2 Å². The molecule has 0 atom stereocenters. The van der Waals surface area contributed by atoms with E-state index >= 15 is 0 Å². The van der Waals surface area contributed by atoms with Crippen molar-refractivity contribution in [2.24, 2.45) is 5.92 Å². The van der Waals surface area contributed by atoms with Gasteiger partial charge in [-0.1, -0.05) is 11.6 Å². The quantitative estimate of drug-likeness (QED) is 0.921. The van der Waals surface area contributed by atoms with E-state index in [0.29, 0.717) is 16.9 Å². The van der Waals surface area contributed by atoms with Gasteiger partial charge in [-0.3, -0.25) is 0 Å². The van der Waals surface area contributed by atoms with Crippen LogP contribution in [-0.4, -0.2) is 30.7 Å². The highest BCUT2D eigenvalue weighted by molar-refractivity contribution is 6.30. The van der Waals surface area contributed by atoms with Crippen LogP contribution < -0.4 is 10.2 Å². The molecule has 1 aliphatic heterocycles. The van der Waals surface area contributed by atoms with Gasteiger partial charge in [-0.2, -0.15) is 0 Å². The van der Waals surface area contributed by atoms with Crippen LogP contribution in [0.25, 0.3) is 0 Å². The van der Waals surface area contributed by atoms with Gasteiger partial charge in [-0.15, -0.1) is 0 Å². The van der Waals surface area contributed by atoms with Gasteiger partial charge in [0.05, 0.1) is 5.02 Å². The first kappa shape index (κ1) is 13.1. The lowest BCUT2D eigenvalue weighted by Gasteiger charge is -2.33. The van der Waals surface area contributed by atoms with Crippen LogP contribution in [0.3, 0.4) is 0 Å². The molecule has 1 aliphatic carbocycles. The van der Waals surface area contributed by atoms with Crippen LogP contribution in [0.15, 0.2) is 12.3 Å². The Balaban J connectivity index is 1.53.